The second-order valence-corrected chi connectivity index (χ2v) is 6.00. The lowest BCUT2D eigenvalue weighted by molar-refractivity contribution is 0.318. The first-order valence-corrected chi connectivity index (χ1v) is 7.31. The number of thiazole rings is 1. The number of benzene rings is 1. The molecule has 0 spiro atoms. The van der Waals surface area contributed by atoms with Crippen LogP contribution in [-0.2, 0) is 13.1 Å². The van der Waals surface area contributed by atoms with Crippen LogP contribution in [0.5, 0.6) is 0 Å². The molecule has 0 atom stereocenters. The van der Waals surface area contributed by atoms with Crippen molar-refractivity contribution >= 4 is 28.5 Å². The third kappa shape index (κ3) is 4.09. The van der Waals surface area contributed by atoms with Crippen LogP contribution in [-0.4, -0.2) is 21.9 Å². The summed E-state index contributed by atoms with van der Waals surface area (Å²) in [6.07, 6.45) is 0. The van der Waals surface area contributed by atoms with Crippen molar-refractivity contribution in [1.82, 2.24) is 9.88 Å². The molecular weight excluding hydrogens is 274 g/mol. The SMILES string of the molecule is Cc1csc(CN(C)Cc2cccc(C(N)=S)c2)n1. The topological polar surface area (TPSA) is 42.1 Å². The summed E-state index contributed by atoms with van der Waals surface area (Å²) in [6.45, 7) is 3.73. The maximum absolute atomic E-state index is 5.65. The van der Waals surface area contributed by atoms with Gasteiger partial charge < -0.3 is 5.73 Å². The quantitative estimate of drug-likeness (QED) is 0.860. The van der Waals surface area contributed by atoms with Crippen LogP contribution in [0.1, 0.15) is 21.8 Å². The van der Waals surface area contributed by atoms with Crippen molar-refractivity contribution in [3.8, 4) is 0 Å². The van der Waals surface area contributed by atoms with Gasteiger partial charge in [0.15, 0.2) is 0 Å². The largest absolute Gasteiger partial charge is 0.389 e. The molecule has 3 nitrogen and oxygen atoms in total. The summed E-state index contributed by atoms with van der Waals surface area (Å²) in [5.41, 5.74) is 8.87. The summed E-state index contributed by atoms with van der Waals surface area (Å²) in [6, 6.07) is 8.07. The van der Waals surface area contributed by atoms with Gasteiger partial charge in [0.2, 0.25) is 0 Å². The number of hydrogen-bond acceptors (Lipinski definition) is 4. The van der Waals surface area contributed by atoms with Gasteiger partial charge in [-0.2, -0.15) is 0 Å². The number of nitrogens with zero attached hydrogens (tertiary/aromatic N) is 2. The second-order valence-electron chi connectivity index (χ2n) is 4.62. The fraction of sp³-hybridized carbons (Fsp3) is 0.286. The van der Waals surface area contributed by atoms with Gasteiger partial charge >= 0.3 is 0 Å². The Balaban J connectivity index is 2.00. The van der Waals surface area contributed by atoms with Gasteiger partial charge in [0.1, 0.15) is 10.00 Å². The molecule has 0 saturated carbocycles. The van der Waals surface area contributed by atoms with Crippen LogP contribution in [0, 0.1) is 6.92 Å². The van der Waals surface area contributed by atoms with Gasteiger partial charge in [-0.1, -0.05) is 30.4 Å². The Morgan fingerprint density at radius 1 is 1.42 bits per heavy atom. The average molecular weight is 291 g/mol. The molecule has 2 aromatic rings. The van der Waals surface area contributed by atoms with Crippen LogP contribution in [0.3, 0.4) is 0 Å². The predicted octanol–water partition coefficient (Wildman–Crippen LogP) is 2.72. The molecule has 5 heteroatoms. The van der Waals surface area contributed by atoms with Crippen molar-refractivity contribution in [1.29, 1.82) is 0 Å². The third-order valence-electron chi connectivity index (χ3n) is 2.74. The molecule has 0 aliphatic carbocycles. The molecule has 0 aliphatic heterocycles. The van der Waals surface area contributed by atoms with E-state index in [2.05, 4.69) is 28.4 Å². The smallest absolute Gasteiger partial charge is 0.107 e. The number of aryl methyl sites for hydroxylation is 1. The summed E-state index contributed by atoms with van der Waals surface area (Å²) in [4.78, 5) is 7.15. The number of hydrogen-bond donors (Lipinski definition) is 1. The molecule has 1 aromatic heterocycles. The zero-order valence-corrected chi connectivity index (χ0v) is 12.7. The van der Waals surface area contributed by atoms with E-state index >= 15 is 0 Å². The van der Waals surface area contributed by atoms with Gasteiger partial charge in [-0.15, -0.1) is 11.3 Å². The maximum atomic E-state index is 5.65. The van der Waals surface area contributed by atoms with E-state index in [0.29, 0.717) is 4.99 Å². The second kappa shape index (κ2) is 6.23. The Morgan fingerprint density at radius 2 is 2.21 bits per heavy atom. The predicted molar refractivity (Wildman–Crippen MR) is 84.4 cm³/mol. The van der Waals surface area contributed by atoms with Gasteiger partial charge in [0.25, 0.3) is 0 Å². The highest BCUT2D eigenvalue weighted by Gasteiger charge is 2.06. The molecule has 2 N–H and O–H groups in total. The van der Waals surface area contributed by atoms with Crippen molar-refractivity contribution in [2.24, 2.45) is 5.73 Å². The minimum absolute atomic E-state index is 0.444. The highest BCUT2D eigenvalue weighted by molar-refractivity contribution is 7.80. The van der Waals surface area contributed by atoms with Gasteiger partial charge in [-0.25, -0.2) is 4.98 Å². The van der Waals surface area contributed by atoms with E-state index in [1.54, 1.807) is 11.3 Å². The number of thiocarbonyl (C=S) groups is 1. The van der Waals surface area contributed by atoms with Crippen LogP contribution < -0.4 is 5.73 Å². The highest BCUT2D eigenvalue weighted by atomic mass is 32.1. The summed E-state index contributed by atoms with van der Waals surface area (Å²) < 4.78 is 0. The Bertz CT molecular complexity index is 578. The van der Waals surface area contributed by atoms with Crippen LogP contribution in [0.2, 0.25) is 0 Å². The van der Waals surface area contributed by atoms with Crippen molar-refractivity contribution in [2.75, 3.05) is 7.05 Å². The highest BCUT2D eigenvalue weighted by Crippen LogP contribution is 2.13. The molecule has 0 aliphatic rings. The van der Waals surface area contributed by atoms with E-state index in [0.717, 1.165) is 29.4 Å². The van der Waals surface area contributed by atoms with Crippen molar-refractivity contribution in [2.45, 2.75) is 20.0 Å². The van der Waals surface area contributed by atoms with Crippen molar-refractivity contribution in [3.05, 3.63) is 51.5 Å². The van der Waals surface area contributed by atoms with Crippen molar-refractivity contribution in [3.63, 3.8) is 0 Å². The Hall–Kier alpha value is -1.30. The van der Waals surface area contributed by atoms with E-state index in [4.69, 9.17) is 18.0 Å². The number of aromatic nitrogens is 1. The van der Waals surface area contributed by atoms with E-state index in [-0.39, 0.29) is 0 Å². The minimum atomic E-state index is 0.444. The number of nitrogens with two attached hydrogens (primary N) is 1. The molecule has 0 unspecified atom stereocenters. The molecule has 19 heavy (non-hydrogen) atoms. The summed E-state index contributed by atoms with van der Waals surface area (Å²) >= 11 is 6.70. The van der Waals surface area contributed by atoms with Crippen LogP contribution in [0.4, 0.5) is 0 Å². The summed E-state index contributed by atoms with van der Waals surface area (Å²) in [7, 11) is 2.09. The monoisotopic (exact) mass is 291 g/mol. The van der Waals surface area contributed by atoms with Gasteiger partial charge in [0.05, 0.1) is 6.54 Å². The van der Waals surface area contributed by atoms with E-state index in [1.165, 1.54) is 5.56 Å². The molecular formula is C14H17N3S2. The Morgan fingerprint density at radius 3 is 2.84 bits per heavy atom. The molecule has 0 radical (unpaired) electrons. The molecule has 0 fully saturated rings. The van der Waals surface area contributed by atoms with Crippen LogP contribution in [0.25, 0.3) is 0 Å². The standard InChI is InChI=1S/C14H17N3S2/c1-10-9-19-13(16-10)8-17(2)7-11-4-3-5-12(6-11)14(15)18/h3-6,9H,7-8H2,1-2H3,(H2,15,18). The average Bonchev–Trinajstić information content (AvgIpc) is 2.74. The minimum Gasteiger partial charge on any atom is -0.389 e. The van der Waals surface area contributed by atoms with Gasteiger partial charge in [-0.05, 0) is 25.6 Å². The summed E-state index contributed by atoms with van der Waals surface area (Å²) in [5.74, 6) is 0. The molecule has 0 saturated heterocycles. The molecule has 1 heterocycles. The van der Waals surface area contributed by atoms with Crippen LogP contribution in [0.15, 0.2) is 29.6 Å². The van der Waals surface area contributed by atoms with Gasteiger partial charge in [0, 0.05) is 23.2 Å². The zero-order valence-electron chi connectivity index (χ0n) is 11.1. The molecule has 0 bridgehead atoms. The van der Waals surface area contributed by atoms with Crippen LogP contribution >= 0.6 is 23.6 Å². The van der Waals surface area contributed by atoms with E-state index < -0.39 is 0 Å². The normalized spacial score (nSPS) is 10.9. The fourth-order valence-corrected chi connectivity index (χ4v) is 2.87. The first-order chi connectivity index (χ1) is 9.04. The Labute approximate surface area is 123 Å². The lowest BCUT2D eigenvalue weighted by Gasteiger charge is -2.15. The first-order valence-electron chi connectivity index (χ1n) is 6.03. The third-order valence-corrected chi connectivity index (χ3v) is 3.92. The zero-order chi connectivity index (χ0) is 13.8. The van der Waals surface area contributed by atoms with E-state index in [9.17, 15) is 0 Å². The fourth-order valence-electron chi connectivity index (χ4n) is 1.90. The molecule has 100 valence electrons. The lowest BCUT2D eigenvalue weighted by atomic mass is 10.1. The summed E-state index contributed by atoms with van der Waals surface area (Å²) in [5, 5.41) is 3.22. The van der Waals surface area contributed by atoms with Crippen molar-refractivity contribution < 1.29 is 0 Å². The number of rotatable bonds is 5. The lowest BCUT2D eigenvalue weighted by Crippen LogP contribution is -2.18. The first kappa shape index (κ1) is 14.1. The van der Waals surface area contributed by atoms with Gasteiger partial charge in [-0.3, -0.25) is 4.90 Å². The Kier molecular flexibility index (Phi) is 4.63. The molecule has 1 aromatic carbocycles. The molecule has 0 amide bonds. The maximum Gasteiger partial charge on any atom is 0.107 e. The van der Waals surface area contributed by atoms with E-state index in [1.807, 2.05) is 25.1 Å². The molecule has 2 rings (SSSR count).